The van der Waals surface area contributed by atoms with Gasteiger partial charge in [0.25, 0.3) is 0 Å². The van der Waals surface area contributed by atoms with Gasteiger partial charge in [-0.15, -0.1) is 0 Å². The van der Waals surface area contributed by atoms with Gasteiger partial charge >= 0.3 is 0 Å². The maximum absolute atomic E-state index is 3.54. The Kier molecular flexibility index (Phi) is 5.29. The monoisotopic (exact) mass is 284 g/mol. The Morgan fingerprint density at radius 3 is 2.69 bits per heavy atom. The molecular formula is C13H21BrN2. The molecule has 16 heavy (non-hydrogen) atoms. The first-order chi connectivity index (χ1) is 7.60. The fourth-order valence-corrected chi connectivity index (χ4v) is 2.21. The zero-order valence-corrected chi connectivity index (χ0v) is 12.1. The molecule has 1 N–H and O–H groups in total. The summed E-state index contributed by atoms with van der Waals surface area (Å²) < 4.78 is 1.14. The van der Waals surface area contributed by atoms with E-state index in [0.717, 1.165) is 11.0 Å². The van der Waals surface area contributed by atoms with Gasteiger partial charge in [-0.1, -0.05) is 22.9 Å². The first-order valence-corrected chi connectivity index (χ1v) is 6.57. The zero-order chi connectivity index (χ0) is 12.1. The Bertz CT molecular complexity index is 339. The fourth-order valence-electron chi connectivity index (χ4n) is 1.83. The molecule has 0 saturated heterocycles. The second-order valence-electron chi connectivity index (χ2n) is 4.14. The Morgan fingerprint density at radius 1 is 1.44 bits per heavy atom. The molecule has 0 radical (unpaired) electrons. The Labute approximate surface area is 107 Å². The molecule has 0 saturated carbocycles. The van der Waals surface area contributed by atoms with Crippen molar-refractivity contribution < 1.29 is 0 Å². The highest BCUT2D eigenvalue weighted by molar-refractivity contribution is 9.10. The maximum atomic E-state index is 3.54. The van der Waals surface area contributed by atoms with Gasteiger partial charge in [0, 0.05) is 29.8 Å². The molecular weight excluding hydrogens is 264 g/mol. The second kappa shape index (κ2) is 6.26. The van der Waals surface area contributed by atoms with Crippen LogP contribution in [0.2, 0.25) is 0 Å². The first-order valence-electron chi connectivity index (χ1n) is 5.78. The van der Waals surface area contributed by atoms with E-state index in [1.165, 1.54) is 17.7 Å². The molecule has 2 nitrogen and oxygen atoms in total. The summed E-state index contributed by atoms with van der Waals surface area (Å²) in [5.41, 5.74) is 2.65. The number of nitrogens with zero attached hydrogens (tertiary/aromatic N) is 1. The molecule has 0 heterocycles. The third-order valence-electron chi connectivity index (χ3n) is 2.86. The fraction of sp³-hybridized carbons (Fsp3) is 0.538. The topological polar surface area (TPSA) is 15.3 Å². The zero-order valence-electron chi connectivity index (χ0n) is 10.5. The molecule has 0 amide bonds. The van der Waals surface area contributed by atoms with Crippen molar-refractivity contribution in [2.75, 3.05) is 25.5 Å². The van der Waals surface area contributed by atoms with Gasteiger partial charge in [0.2, 0.25) is 0 Å². The highest BCUT2D eigenvalue weighted by atomic mass is 79.9. The van der Waals surface area contributed by atoms with Gasteiger partial charge in [-0.2, -0.15) is 0 Å². The van der Waals surface area contributed by atoms with Crippen molar-refractivity contribution in [2.24, 2.45) is 0 Å². The van der Waals surface area contributed by atoms with Crippen LogP contribution in [0, 0.1) is 0 Å². The summed E-state index contributed by atoms with van der Waals surface area (Å²) >= 11 is 3.54. The highest BCUT2D eigenvalue weighted by Crippen LogP contribution is 2.28. The smallest absolute Gasteiger partial charge is 0.0412 e. The van der Waals surface area contributed by atoms with Gasteiger partial charge in [-0.3, -0.25) is 0 Å². The molecule has 0 aromatic heterocycles. The number of hydrogen-bond donors (Lipinski definition) is 1. The number of hydrogen-bond acceptors (Lipinski definition) is 2. The molecule has 1 rings (SSSR count). The normalized spacial score (nSPS) is 12.6. The van der Waals surface area contributed by atoms with Crippen molar-refractivity contribution in [3.8, 4) is 0 Å². The maximum Gasteiger partial charge on any atom is 0.0412 e. The van der Waals surface area contributed by atoms with E-state index in [4.69, 9.17) is 0 Å². The van der Waals surface area contributed by atoms with E-state index in [-0.39, 0.29) is 0 Å². The van der Waals surface area contributed by atoms with Crippen molar-refractivity contribution in [3.63, 3.8) is 0 Å². The van der Waals surface area contributed by atoms with Crippen LogP contribution >= 0.6 is 15.9 Å². The quantitative estimate of drug-likeness (QED) is 0.889. The Morgan fingerprint density at radius 2 is 2.12 bits per heavy atom. The molecule has 3 heteroatoms. The summed E-state index contributed by atoms with van der Waals surface area (Å²) in [6.07, 6.45) is 1.17. The lowest BCUT2D eigenvalue weighted by molar-refractivity contribution is 0.649. The second-order valence-corrected chi connectivity index (χ2v) is 5.05. The van der Waals surface area contributed by atoms with Crippen molar-refractivity contribution in [3.05, 3.63) is 28.2 Å². The van der Waals surface area contributed by atoms with Gasteiger partial charge in [0.15, 0.2) is 0 Å². The largest absolute Gasteiger partial charge is 0.374 e. The van der Waals surface area contributed by atoms with Crippen LogP contribution < -0.4 is 10.2 Å². The number of rotatable bonds is 5. The average molecular weight is 285 g/mol. The van der Waals surface area contributed by atoms with Crippen LogP contribution in [-0.2, 0) is 0 Å². The first kappa shape index (κ1) is 13.5. The van der Waals surface area contributed by atoms with Crippen molar-refractivity contribution in [1.29, 1.82) is 0 Å². The molecule has 0 aliphatic rings. The molecule has 0 spiro atoms. The summed E-state index contributed by atoms with van der Waals surface area (Å²) in [7, 11) is 4.15. The standard InChI is InChI=1S/C13H21BrN2/c1-5-8-16(4)13-7-6-11(14)9-12(13)10(2)15-3/h6-7,9-10,15H,5,8H2,1-4H3. The van der Waals surface area contributed by atoms with E-state index in [1.807, 2.05) is 7.05 Å². The summed E-state index contributed by atoms with van der Waals surface area (Å²) in [4.78, 5) is 2.32. The molecule has 90 valence electrons. The number of halogens is 1. The molecule has 0 aliphatic carbocycles. The summed E-state index contributed by atoms with van der Waals surface area (Å²) in [5, 5.41) is 3.30. The van der Waals surface area contributed by atoms with Gasteiger partial charge in [0.1, 0.15) is 0 Å². The average Bonchev–Trinajstić information content (AvgIpc) is 2.28. The van der Waals surface area contributed by atoms with E-state index in [1.54, 1.807) is 0 Å². The molecule has 1 atom stereocenters. The van der Waals surface area contributed by atoms with Crippen LogP contribution in [0.4, 0.5) is 5.69 Å². The molecule has 0 aliphatic heterocycles. The SMILES string of the molecule is CCCN(C)c1ccc(Br)cc1C(C)NC. The van der Waals surface area contributed by atoms with Crippen LogP contribution in [0.25, 0.3) is 0 Å². The van der Waals surface area contributed by atoms with Crippen LogP contribution in [0.1, 0.15) is 31.9 Å². The molecule has 0 fully saturated rings. The lowest BCUT2D eigenvalue weighted by atomic mass is 10.1. The summed E-state index contributed by atoms with van der Waals surface area (Å²) in [6, 6.07) is 6.85. The van der Waals surface area contributed by atoms with E-state index in [2.05, 4.69) is 65.2 Å². The molecule has 1 aromatic carbocycles. The lowest BCUT2D eigenvalue weighted by Crippen LogP contribution is -2.22. The minimum Gasteiger partial charge on any atom is -0.374 e. The Balaban J connectivity index is 3.06. The van der Waals surface area contributed by atoms with Gasteiger partial charge in [0.05, 0.1) is 0 Å². The molecule has 0 bridgehead atoms. The third-order valence-corrected chi connectivity index (χ3v) is 3.35. The van der Waals surface area contributed by atoms with Gasteiger partial charge in [-0.05, 0) is 44.2 Å². The summed E-state index contributed by atoms with van der Waals surface area (Å²) in [6.45, 7) is 5.48. The van der Waals surface area contributed by atoms with E-state index in [0.29, 0.717) is 6.04 Å². The number of nitrogens with one attached hydrogen (secondary N) is 1. The van der Waals surface area contributed by atoms with E-state index < -0.39 is 0 Å². The molecule has 1 unspecified atom stereocenters. The van der Waals surface area contributed by atoms with E-state index >= 15 is 0 Å². The predicted octanol–water partition coefficient (Wildman–Crippen LogP) is 3.58. The lowest BCUT2D eigenvalue weighted by Gasteiger charge is -2.25. The van der Waals surface area contributed by atoms with E-state index in [9.17, 15) is 0 Å². The van der Waals surface area contributed by atoms with Crippen molar-refractivity contribution in [2.45, 2.75) is 26.3 Å². The third kappa shape index (κ3) is 3.22. The van der Waals surface area contributed by atoms with Crippen LogP contribution in [-0.4, -0.2) is 20.6 Å². The van der Waals surface area contributed by atoms with Crippen molar-refractivity contribution >= 4 is 21.6 Å². The number of anilines is 1. The molecule has 1 aromatic rings. The van der Waals surface area contributed by atoms with Crippen molar-refractivity contribution in [1.82, 2.24) is 5.32 Å². The van der Waals surface area contributed by atoms with Gasteiger partial charge < -0.3 is 10.2 Å². The van der Waals surface area contributed by atoms with Crippen LogP contribution in [0.15, 0.2) is 22.7 Å². The predicted molar refractivity (Wildman–Crippen MR) is 75.2 cm³/mol. The minimum atomic E-state index is 0.367. The Hall–Kier alpha value is -0.540. The van der Waals surface area contributed by atoms with Crippen LogP contribution in [0.5, 0.6) is 0 Å². The van der Waals surface area contributed by atoms with Gasteiger partial charge in [-0.25, -0.2) is 0 Å². The number of benzene rings is 1. The van der Waals surface area contributed by atoms with Crippen LogP contribution in [0.3, 0.4) is 0 Å². The highest BCUT2D eigenvalue weighted by Gasteiger charge is 2.12. The summed E-state index contributed by atoms with van der Waals surface area (Å²) in [5.74, 6) is 0. The minimum absolute atomic E-state index is 0.367.